The molecule has 0 N–H and O–H groups in total. The zero-order chi connectivity index (χ0) is 23.8. The van der Waals surface area contributed by atoms with Crippen LogP contribution in [0.25, 0.3) is 0 Å². The number of nitrogens with zero attached hydrogens (tertiary/aromatic N) is 5. The Kier molecular flexibility index (Phi) is 8.46. The molecule has 1 saturated heterocycles. The number of morpholine rings is 1. The molecule has 2 aliphatic rings. The highest BCUT2D eigenvalue weighted by Gasteiger charge is 2.22. The molecule has 0 bridgehead atoms. The molecule has 0 saturated carbocycles. The second kappa shape index (κ2) is 11.9. The summed E-state index contributed by atoms with van der Waals surface area (Å²) >= 11 is 0. The number of hydrogen-bond donors (Lipinski definition) is 0. The second-order valence-corrected chi connectivity index (χ2v) is 9.02. The predicted molar refractivity (Wildman–Crippen MR) is 132 cm³/mol. The molecule has 1 fully saturated rings. The maximum Gasteiger partial charge on any atom is 0.257 e. The van der Waals surface area contributed by atoms with E-state index in [1.54, 1.807) is 19.3 Å². The van der Waals surface area contributed by atoms with Gasteiger partial charge in [0.25, 0.3) is 5.91 Å². The Morgan fingerprint density at radius 2 is 1.50 bits per heavy atom. The van der Waals surface area contributed by atoms with E-state index < -0.39 is 0 Å². The van der Waals surface area contributed by atoms with Crippen LogP contribution in [0.3, 0.4) is 0 Å². The third-order valence-corrected chi connectivity index (χ3v) is 6.55. The molecule has 1 aromatic carbocycles. The van der Waals surface area contributed by atoms with Crippen molar-refractivity contribution in [3.8, 4) is 0 Å². The number of anilines is 2. The molecule has 1 aromatic heterocycles. The first-order chi connectivity index (χ1) is 16.6. The molecule has 0 spiro atoms. The first-order valence-corrected chi connectivity index (χ1v) is 12.4. The standard InChI is InChI=1S/C26H35N5O3/c1-21(32)31-13-9-5-3-2-4-8-12-30(20-22-10-6-7-11-24(22)31)25(33)23-18-27-26(28-19-23)29-14-16-34-17-15-29/h6-7,10-11,18-19H,2-5,8-9,12-17,20H2,1H3. The molecule has 4 rings (SSSR count). The van der Waals surface area contributed by atoms with Crippen molar-refractivity contribution in [1.82, 2.24) is 14.9 Å². The van der Waals surface area contributed by atoms with Gasteiger partial charge in [-0.2, -0.15) is 0 Å². The number of carbonyl (C=O) groups excluding carboxylic acids is 2. The number of aromatic nitrogens is 2. The quantitative estimate of drug-likeness (QED) is 0.674. The first-order valence-electron chi connectivity index (χ1n) is 12.4. The van der Waals surface area contributed by atoms with Gasteiger partial charge in [0.2, 0.25) is 11.9 Å². The molecule has 2 aliphatic heterocycles. The Morgan fingerprint density at radius 3 is 2.21 bits per heavy atom. The average molecular weight is 466 g/mol. The van der Waals surface area contributed by atoms with Gasteiger partial charge in [-0.15, -0.1) is 0 Å². The molecular weight excluding hydrogens is 430 g/mol. The summed E-state index contributed by atoms with van der Waals surface area (Å²) in [6.07, 6.45) is 9.71. The number of fused-ring (bicyclic) bond motifs is 1. The van der Waals surface area contributed by atoms with E-state index in [9.17, 15) is 9.59 Å². The fourth-order valence-electron chi connectivity index (χ4n) is 4.63. The van der Waals surface area contributed by atoms with Crippen molar-refractivity contribution in [3.05, 3.63) is 47.8 Å². The molecule has 0 radical (unpaired) electrons. The minimum atomic E-state index is -0.0763. The summed E-state index contributed by atoms with van der Waals surface area (Å²) in [7, 11) is 0. The lowest BCUT2D eigenvalue weighted by atomic mass is 10.1. The minimum Gasteiger partial charge on any atom is -0.378 e. The van der Waals surface area contributed by atoms with Gasteiger partial charge in [-0.3, -0.25) is 9.59 Å². The first kappa shape index (κ1) is 24.1. The van der Waals surface area contributed by atoms with Crippen molar-refractivity contribution in [2.24, 2.45) is 0 Å². The summed E-state index contributed by atoms with van der Waals surface area (Å²) in [5, 5.41) is 0. The highest BCUT2D eigenvalue weighted by atomic mass is 16.5. The summed E-state index contributed by atoms with van der Waals surface area (Å²) in [5.74, 6) is 0.590. The molecule has 0 atom stereocenters. The van der Waals surface area contributed by atoms with E-state index in [0.29, 0.717) is 44.4 Å². The number of carbonyl (C=O) groups is 2. The Hall–Kier alpha value is -3.00. The lowest BCUT2D eigenvalue weighted by molar-refractivity contribution is -0.116. The number of rotatable bonds is 2. The normalized spacial score (nSPS) is 18.3. The van der Waals surface area contributed by atoms with E-state index >= 15 is 0 Å². The number of benzene rings is 1. The second-order valence-electron chi connectivity index (χ2n) is 9.02. The SMILES string of the molecule is CC(=O)N1CCCCCCCCN(C(=O)c2cnc(N3CCOCC3)nc2)Cc2ccccc21. The smallest absolute Gasteiger partial charge is 0.257 e. The zero-order valence-corrected chi connectivity index (χ0v) is 20.1. The topological polar surface area (TPSA) is 78.9 Å². The number of amides is 2. The van der Waals surface area contributed by atoms with Crippen LogP contribution in [0.1, 0.15) is 61.4 Å². The van der Waals surface area contributed by atoms with Gasteiger partial charge in [0.05, 0.1) is 18.8 Å². The van der Waals surface area contributed by atoms with Gasteiger partial charge in [0.15, 0.2) is 0 Å². The van der Waals surface area contributed by atoms with Gasteiger partial charge in [-0.1, -0.05) is 43.9 Å². The zero-order valence-electron chi connectivity index (χ0n) is 20.1. The van der Waals surface area contributed by atoms with Crippen LogP contribution < -0.4 is 9.80 Å². The average Bonchev–Trinajstić information content (AvgIpc) is 2.89. The third kappa shape index (κ3) is 6.11. The molecule has 2 amide bonds. The van der Waals surface area contributed by atoms with Gasteiger partial charge in [0.1, 0.15) is 0 Å². The van der Waals surface area contributed by atoms with Crippen LogP contribution in [0.5, 0.6) is 0 Å². The highest BCUT2D eigenvalue weighted by Crippen LogP contribution is 2.25. The lowest BCUT2D eigenvalue weighted by Gasteiger charge is -2.28. The van der Waals surface area contributed by atoms with Crippen LogP contribution in [0.15, 0.2) is 36.7 Å². The van der Waals surface area contributed by atoms with E-state index in [1.165, 1.54) is 0 Å². The van der Waals surface area contributed by atoms with E-state index in [1.807, 2.05) is 34.1 Å². The molecule has 8 nitrogen and oxygen atoms in total. The van der Waals surface area contributed by atoms with Crippen LogP contribution in [0.2, 0.25) is 0 Å². The van der Waals surface area contributed by atoms with E-state index in [-0.39, 0.29) is 11.8 Å². The van der Waals surface area contributed by atoms with Crippen LogP contribution in [0.4, 0.5) is 11.6 Å². The summed E-state index contributed by atoms with van der Waals surface area (Å²) in [6.45, 7) is 6.26. The largest absolute Gasteiger partial charge is 0.378 e. The monoisotopic (exact) mass is 465 g/mol. The van der Waals surface area contributed by atoms with E-state index in [0.717, 1.165) is 62.9 Å². The minimum absolute atomic E-state index is 0.0345. The van der Waals surface area contributed by atoms with Gasteiger partial charge >= 0.3 is 0 Å². The van der Waals surface area contributed by atoms with Crippen LogP contribution in [-0.2, 0) is 16.1 Å². The maximum atomic E-state index is 13.5. The van der Waals surface area contributed by atoms with Crippen molar-refractivity contribution in [2.45, 2.75) is 52.0 Å². The summed E-state index contributed by atoms with van der Waals surface area (Å²) < 4.78 is 5.40. The Bertz CT molecular complexity index is 959. The van der Waals surface area contributed by atoms with Crippen molar-refractivity contribution in [3.63, 3.8) is 0 Å². The Balaban J connectivity index is 1.57. The van der Waals surface area contributed by atoms with Gasteiger partial charge in [-0.05, 0) is 24.5 Å². The Labute approximate surface area is 201 Å². The van der Waals surface area contributed by atoms with E-state index in [4.69, 9.17) is 4.74 Å². The van der Waals surface area contributed by atoms with Gasteiger partial charge in [-0.25, -0.2) is 9.97 Å². The highest BCUT2D eigenvalue weighted by molar-refractivity contribution is 5.94. The fraction of sp³-hybridized carbons (Fsp3) is 0.538. The van der Waals surface area contributed by atoms with Crippen molar-refractivity contribution >= 4 is 23.5 Å². The van der Waals surface area contributed by atoms with Crippen LogP contribution >= 0.6 is 0 Å². The van der Waals surface area contributed by atoms with Crippen molar-refractivity contribution < 1.29 is 14.3 Å². The maximum absolute atomic E-state index is 13.5. The summed E-state index contributed by atoms with van der Waals surface area (Å²) in [6, 6.07) is 7.93. The van der Waals surface area contributed by atoms with Gasteiger partial charge < -0.3 is 19.4 Å². The van der Waals surface area contributed by atoms with Gasteiger partial charge in [0, 0.05) is 57.7 Å². The summed E-state index contributed by atoms with van der Waals surface area (Å²) in [5.41, 5.74) is 2.37. The molecule has 182 valence electrons. The predicted octanol–water partition coefficient (Wildman–Crippen LogP) is 3.66. The number of hydrogen-bond acceptors (Lipinski definition) is 6. The summed E-state index contributed by atoms with van der Waals surface area (Å²) in [4.78, 5) is 40.7. The number of ether oxygens (including phenoxy) is 1. The molecule has 8 heteroatoms. The van der Waals surface area contributed by atoms with Crippen molar-refractivity contribution in [2.75, 3.05) is 49.2 Å². The van der Waals surface area contributed by atoms with Crippen LogP contribution in [-0.4, -0.2) is 66.1 Å². The van der Waals surface area contributed by atoms with Crippen LogP contribution in [0, 0.1) is 0 Å². The Morgan fingerprint density at radius 1 is 0.853 bits per heavy atom. The lowest BCUT2D eigenvalue weighted by Crippen LogP contribution is -2.37. The third-order valence-electron chi connectivity index (χ3n) is 6.55. The molecule has 0 unspecified atom stereocenters. The number of para-hydroxylation sites is 1. The fourth-order valence-corrected chi connectivity index (χ4v) is 4.63. The molecule has 34 heavy (non-hydrogen) atoms. The van der Waals surface area contributed by atoms with E-state index in [2.05, 4.69) is 14.9 Å². The molecule has 3 heterocycles. The molecular formula is C26H35N5O3. The molecule has 2 aromatic rings. The molecule has 0 aliphatic carbocycles. The van der Waals surface area contributed by atoms with Crippen molar-refractivity contribution in [1.29, 1.82) is 0 Å².